The minimum Gasteiger partial charge on any atom is -0.303 e. The van der Waals surface area contributed by atoms with Gasteiger partial charge in [0.15, 0.2) is 0 Å². The van der Waals surface area contributed by atoms with Crippen molar-refractivity contribution in [3.8, 4) is 0 Å². The van der Waals surface area contributed by atoms with Crippen LogP contribution in [0.5, 0.6) is 0 Å². The lowest BCUT2D eigenvalue weighted by atomic mass is 9.97. The summed E-state index contributed by atoms with van der Waals surface area (Å²) in [5.74, 6) is 0. The zero-order chi connectivity index (χ0) is 16.2. The zero-order valence-corrected chi connectivity index (χ0v) is 14.7. The molecule has 3 rings (SSSR count). The monoisotopic (exact) mass is 327 g/mol. The Morgan fingerprint density at radius 3 is 2.57 bits per heavy atom. The quantitative estimate of drug-likeness (QED) is 0.835. The number of benzene rings is 2. The van der Waals surface area contributed by atoms with Gasteiger partial charge in [0.1, 0.15) is 0 Å². The van der Waals surface area contributed by atoms with Gasteiger partial charge in [0, 0.05) is 34.0 Å². The largest absolute Gasteiger partial charge is 0.303 e. The first-order valence-corrected chi connectivity index (χ1v) is 9.98. The molecule has 2 nitrogen and oxygen atoms in total. The molecule has 1 aliphatic rings. The van der Waals surface area contributed by atoms with Gasteiger partial charge in [-0.3, -0.25) is 4.21 Å². The molecular weight excluding hydrogens is 302 g/mol. The predicted molar refractivity (Wildman–Crippen MR) is 97.1 cm³/mol. The first-order chi connectivity index (χ1) is 11.1. The van der Waals surface area contributed by atoms with Crippen molar-refractivity contribution in [2.24, 2.45) is 0 Å². The Morgan fingerprint density at radius 2 is 1.83 bits per heavy atom. The average Bonchev–Trinajstić information content (AvgIpc) is 2.77. The Balaban J connectivity index is 1.77. The fourth-order valence-corrected chi connectivity index (χ4v) is 3.96. The van der Waals surface area contributed by atoms with Gasteiger partial charge in [-0.2, -0.15) is 0 Å². The topological polar surface area (TPSA) is 29.1 Å². The lowest BCUT2D eigenvalue weighted by Gasteiger charge is -2.24. The van der Waals surface area contributed by atoms with Gasteiger partial charge in [-0.25, -0.2) is 0 Å². The van der Waals surface area contributed by atoms with Crippen molar-refractivity contribution >= 4 is 10.8 Å². The van der Waals surface area contributed by atoms with Gasteiger partial charge in [-0.05, 0) is 55.0 Å². The number of fused-ring (bicyclic) bond motifs is 1. The van der Waals surface area contributed by atoms with Gasteiger partial charge in [0.2, 0.25) is 0 Å². The minimum atomic E-state index is -0.909. The highest BCUT2D eigenvalue weighted by atomic mass is 32.2. The van der Waals surface area contributed by atoms with Crippen LogP contribution in [0.2, 0.25) is 0 Å². The van der Waals surface area contributed by atoms with Crippen LogP contribution < -0.4 is 5.32 Å². The smallest absolute Gasteiger partial charge is 0.0498 e. The first-order valence-electron chi connectivity index (χ1n) is 8.42. The van der Waals surface area contributed by atoms with Crippen LogP contribution in [-0.4, -0.2) is 10.5 Å². The van der Waals surface area contributed by atoms with E-state index in [0.717, 1.165) is 4.90 Å². The first kappa shape index (κ1) is 16.4. The number of rotatable bonds is 4. The van der Waals surface area contributed by atoms with E-state index in [1.807, 2.05) is 12.1 Å². The molecule has 0 saturated carbocycles. The maximum Gasteiger partial charge on any atom is 0.0498 e. The zero-order valence-electron chi connectivity index (χ0n) is 13.9. The maximum atomic E-state index is 11.5. The summed E-state index contributed by atoms with van der Waals surface area (Å²) in [6, 6.07) is 17.7. The van der Waals surface area contributed by atoms with Crippen molar-refractivity contribution in [2.75, 3.05) is 6.26 Å². The number of aryl methyl sites for hydroxylation is 1. The number of hydrogen-bond acceptors (Lipinski definition) is 2. The third kappa shape index (κ3) is 3.91. The molecular formula is C20H25NOS. The summed E-state index contributed by atoms with van der Waals surface area (Å²) in [5.41, 5.74) is 4.20. The van der Waals surface area contributed by atoms with Gasteiger partial charge in [0.05, 0.1) is 0 Å². The Hall–Kier alpha value is -1.45. The van der Waals surface area contributed by atoms with Crippen LogP contribution in [0.3, 0.4) is 0 Å². The summed E-state index contributed by atoms with van der Waals surface area (Å²) in [5, 5.41) is 3.80. The second-order valence-corrected chi connectivity index (χ2v) is 7.79. The number of nitrogens with one attached hydrogen (secondary N) is 1. The molecule has 0 amide bonds. The van der Waals surface area contributed by atoms with Crippen LogP contribution in [0, 0.1) is 0 Å². The SMILES string of the molecule is CC(NC1CCCCc2ccccc21)c1ccc(S(C)=O)cc1. The molecule has 0 saturated heterocycles. The Bertz CT molecular complexity index is 680. The summed E-state index contributed by atoms with van der Waals surface area (Å²) in [6.45, 7) is 2.21. The molecule has 122 valence electrons. The highest BCUT2D eigenvalue weighted by Gasteiger charge is 2.20. The standard InChI is InChI=1S/C20H25NOS/c1-15(16-11-13-18(14-12-16)23(2)22)21-20-10-6-4-8-17-7-3-5-9-19(17)20/h3,5,7,9,11-15,20-21H,4,6,8,10H2,1-2H3. The summed E-state index contributed by atoms with van der Waals surface area (Å²) in [7, 11) is -0.909. The molecule has 23 heavy (non-hydrogen) atoms. The molecule has 0 heterocycles. The molecule has 0 spiro atoms. The van der Waals surface area contributed by atoms with Gasteiger partial charge < -0.3 is 5.32 Å². The molecule has 3 atom stereocenters. The molecule has 3 heteroatoms. The van der Waals surface area contributed by atoms with E-state index in [1.165, 1.54) is 42.4 Å². The van der Waals surface area contributed by atoms with E-state index in [2.05, 4.69) is 48.6 Å². The molecule has 0 radical (unpaired) electrons. The highest BCUT2D eigenvalue weighted by Crippen LogP contribution is 2.30. The van der Waals surface area contributed by atoms with Gasteiger partial charge in [-0.15, -0.1) is 0 Å². The Labute approximate surface area is 141 Å². The molecule has 0 aromatic heterocycles. The van der Waals surface area contributed by atoms with Crippen LogP contribution in [0.25, 0.3) is 0 Å². The maximum absolute atomic E-state index is 11.5. The van der Waals surface area contributed by atoms with Crippen LogP contribution in [-0.2, 0) is 17.2 Å². The van der Waals surface area contributed by atoms with Crippen molar-refractivity contribution in [3.05, 3.63) is 65.2 Å². The van der Waals surface area contributed by atoms with Crippen molar-refractivity contribution < 1.29 is 4.21 Å². The normalized spacial score (nSPS) is 20.3. The lowest BCUT2D eigenvalue weighted by molar-refractivity contribution is 0.437. The molecule has 0 fully saturated rings. The summed E-state index contributed by atoms with van der Waals surface area (Å²) < 4.78 is 11.5. The van der Waals surface area contributed by atoms with E-state index in [-0.39, 0.29) is 6.04 Å². The van der Waals surface area contributed by atoms with Gasteiger partial charge >= 0.3 is 0 Å². The van der Waals surface area contributed by atoms with Crippen molar-refractivity contribution in [1.82, 2.24) is 5.32 Å². The fraction of sp³-hybridized carbons (Fsp3) is 0.400. The third-order valence-electron chi connectivity index (χ3n) is 4.78. The molecule has 0 aliphatic heterocycles. The van der Waals surface area contributed by atoms with Crippen molar-refractivity contribution in [3.63, 3.8) is 0 Å². The van der Waals surface area contributed by atoms with E-state index in [4.69, 9.17) is 0 Å². The van der Waals surface area contributed by atoms with Crippen LogP contribution >= 0.6 is 0 Å². The second kappa shape index (κ2) is 7.41. The van der Waals surface area contributed by atoms with E-state index in [1.54, 1.807) is 6.26 Å². The molecule has 0 bridgehead atoms. The number of hydrogen-bond donors (Lipinski definition) is 1. The average molecular weight is 327 g/mol. The fourth-order valence-electron chi connectivity index (χ4n) is 3.44. The molecule has 1 N–H and O–H groups in total. The second-order valence-electron chi connectivity index (χ2n) is 6.41. The Kier molecular flexibility index (Phi) is 5.29. The van der Waals surface area contributed by atoms with E-state index < -0.39 is 10.8 Å². The van der Waals surface area contributed by atoms with E-state index >= 15 is 0 Å². The third-order valence-corrected chi connectivity index (χ3v) is 5.72. The molecule has 2 aromatic carbocycles. The lowest BCUT2D eigenvalue weighted by Crippen LogP contribution is -2.25. The summed E-state index contributed by atoms with van der Waals surface area (Å²) in [6.07, 6.45) is 6.66. The van der Waals surface area contributed by atoms with Crippen molar-refractivity contribution in [1.29, 1.82) is 0 Å². The highest BCUT2D eigenvalue weighted by molar-refractivity contribution is 7.84. The van der Waals surface area contributed by atoms with E-state index in [9.17, 15) is 4.21 Å². The molecule has 1 aliphatic carbocycles. The van der Waals surface area contributed by atoms with Crippen LogP contribution in [0.1, 0.15) is 55.0 Å². The summed E-state index contributed by atoms with van der Waals surface area (Å²) in [4.78, 5) is 0.890. The van der Waals surface area contributed by atoms with Crippen LogP contribution in [0.4, 0.5) is 0 Å². The summed E-state index contributed by atoms with van der Waals surface area (Å²) >= 11 is 0. The predicted octanol–water partition coefficient (Wildman–Crippen LogP) is 4.54. The van der Waals surface area contributed by atoms with Gasteiger partial charge in [0.25, 0.3) is 0 Å². The minimum absolute atomic E-state index is 0.283. The molecule has 2 aromatic rings. The Morgan fingerprint density at radius 1 is 1.09 bits per heavy atom. The van der Waals surface area contributed by atoms with Crippen LogP contribution in [0.15, 0.2) is 53.4 Å². The van der Waals surface area contributed by atoms with Crippen molar-refractivity contribution in [2.45, 2.75) is 49.6 Å². The van der Waals surface area contributed by atoms with Gasteiger partial charge in [-0.1, -0.05) is 42.8 Å². The molecule has 3 unspecified atom stereocenters. The van der Waals surface area contributed by atoms with E-state index in [0.29, 0.717) is 6.04 Å².